The molecule has 1 atom stereocenters. The van der Waals surface area contributed by atoms with Gasteiger partial charge < -0.3 is 10.2 Å². The molecule has 0 aromatic heterocycles. The van der Waals surface area contributed by atoms with E-state index in [1.807, 2.05) is 11.9 Å². The van der Waals surface area contributed by atoms with Crippen molar-refractivity contribution in [2.75, 3.05) is 13.6 Å². The van der Waals surface area contributed by atoms with E-state index in [-0.39, 0.29) is 17.7 Å². The van der Waals surface area contributed by atoms with Crippen molar-refractivity contribution in [2.24, 2.45) is 5.92 Å². The maximum absolute atomic E-state index is 12.4. The zero-order valence-electron chi connectivity index (χ0n) is 13.9. The molecular weight excluding hydrogens is 288 g/mol. The predicted octanol–water partition coefficient (Wildman–Crippen LogP) is 2.31. The minimum atomic E-state index is 0.162. The lowest BCUT2D eigenvalue weighted by atomic mass is 9.87. The number of benzene rings is 1. The Morgan fingerprint density at radius 1 is 1.17 bits per heavy atom. The van der Waals surface area contributed by atoms with Gasteiger partial charge in [0.25, 0.3) is 0 Å². The number of likely N-dealkylation sites (N-methyl/N-ethyl adjacent to an activating group) is 1. The predicted molar refractivity (Wildman–Crippen MR) is 90.0 cm³/mol. The average Bonchev–Trinajstić information content (AvgIpc) is 3.42. The van der Waals surface area contributed by atoms with Gasteiger partial charge in [0.2, 0.25) is 11.8 Å². The van der Waals surface area contributed by atoms with E-state index in [0.29, 0.717) is 19.0 Å². The summed E-state index contributed by atoms with van der Waals surface area (Å²) in [5.41, 5.74) is 2.80. The number of carbonyl (C=O) groups is 2. The number of nitrogens with zero attached hydrogens (tertiary/aromatic N) is 1. The SMILES string of the molecule is CN(C(=O)CCCNC(=O)C1CC1)[C@@H]1CCc2ccccc2C1. The summed E-state index contributed by atoms with van der Waals surface area (Å²) in [5, 5.41) is 2.92. The van der Waals surface area contributed by atoms with Crippen LogP contribution in [0.2, 0.25) is 0 Å². The van der Waals surface area contributed by atoms with Crippen molar-refractivity contribution in [3.8, 4) is 0 Å². The first-order chi connectivity index (χ1) is 11.1. The normalized spacial score (nSPS) is 19.8. The van der Waals surface area contributed by atoms with Gasteiger partial charge >= 0.3 is 0 Å². The van der Waals surface area contributed by atoms with Crippen LogP contribution in [0.4, 0.5) is 0 Å². The van der Waals surface area contributed by atoms with Crippen LogP contribution in [0.5, 0.6) is 0 Å². The second kappa shape index (κ2) is 7.16. The van der Waals surface area contributed by atoms with Crippen molar-refractivity contribution in [2.45, 2.75) is 51.0 Å². The molecule has 1 aromatic rings. The van der Waals surface area contributed by atoms with Crippen molar-refractivity contribution in [3.63, 3.8) is 0 Å². The van der Waals surface area contributed by atoms with E-state index in [4.69, 9.17) is 0 Å². The van der Waals surface area contributed by atoms with E-state index in [1.54, 1.807) is 0 Å². The van der Waals surface area contributed by atoms with Gasteiger partial charge in [-0.3, -0.25) is 9.59 Å². The Morgan fingerprint density at radius 3 is 2.65 bits per heavy atom. The molecular formula is C19H26N2O2. The number of hydrogen-bond acceptors (Lipinski definition) is 2. The van der Waals surface area contributed by atoms with Crippen LogP contribution in [0.1, 0.15) is 43.2 Å². The van der Waals surface area contributed by atoms with Crippen LogP contribution in [0.25, 0.3) is 0 Å². The molecule has 0 spiro atoms. The molecule has 2 aliphatic carbocycles. The zero-order valence-corrected chi connectivity index (χ0v) is 13.9. The number of nitrogens with one attached hydrogen (secondary N) is 1. The number of amides is 2. The van der Waals surface area contributed by atoms with Crippen LogP contribution >= 0.6 is 0 Å². The molecule has 0 saturated heterocycles. The highest BCUT2D eigenvalue weighted by Crippen LogP contribution is 2.28. The largest absolute Gasteiger partial charge is 0.356 e. The van der Waals surface area contributed by atoms with Crippen LogP contribution in [-0.2, 0) is 22.4 Å². The Morgan fingerprint density at radius 2 is 1.91 bits per heavy atom. The molecule has 0 unspecified atom stereocenters. The van der Waals surface area contributed by atoms with Gasteiger partial charge in [0.15, 0.2) is 0 Å². The van der Waals surface area contributed by atoms with Crippen molar-refractivity contribution in [1.82, 2.24) is 10.2 Å². The first-order valence-corrected chi connectivity index (χ1v) is 8.75. The highest BCUT2D eigenvalue weighted by molar-refractivity contribution is 5.81. The van der Waals surface area contributed by atoms with E-state index >= 15 is 0 Å². The third kappa shape index (κ3) is 4.12. The molecule has 124 valence electrons. The third-order valence-corrected chi connectivity index (χ3v) is 5.08. The topological polar surface area (TPSA) is 49.4 Å². The van der Waals surface area contributed by atoms with Gasteiger partial charge in [-0.1, -0.05) is 24.3 Å². The van der Waals surface area contributed by atoms with Gasteiger partial charge in [-0.2, -0.15) is 0 Å². The van der Waals surface area contributed by atoms with Gasteiger partial charge in [0.1, 0.15) is 0 Å². The second-order valence-corrected chi connectivity index (χ2v) is 6.84. The molecule has 0 bridgehead atoms. The average molecular weight is 314 g/mol. The summed E-state index contributed by atoms with van der Waals surface area (Å²) in [6, 6.07) is 8.83. The summed E-state index contributed by atoms with van der Waals surface area (Å²) >= 11 is 0. The van der Waals surface area contributed by atoms with E-state index in [2.05, 4.69) is 29.6 Å². The summed E-state index contributed by atoms with van der Waals surface area (Å²) in [4.78, 5) is 25.8. The Kier molecular flexibility index (Phi) is 4.99. The minimum Gasteiger partial charge on any atom is -0.356 e. The lowest BCUT2D eigenvalue weighted by molar-refractivity contribution is -0.132. The quantitative estimate of drug-likeness (QED) is 0.819. The van der Waals surface area contributed by atoms with E-state index in [9.17, 15) is 9.59 Å². The fourth-order valence-electron chi connectivity index (χ4n) is 3.33. The van der Waals surface area contributed by atoms with Crippen LogP contribution in [0.15, 0.2) is 24.3 Å². The summed E-state index contributed by atoms with van der Waals surface area (Å²) in [5.74, 6) is 0.598. The molecule has 4 nitrogen and oxygen atoms in total. The number of hydrogen-bond donors (Lipinski definition) is 1. The monoisotopic (exact) mass is 314 g/mol. The molecule has 0 heterocycles. The summed E-state index contributed by atoms with van der Waals surface area (Å²) < 4.78 is 0. The molecule has 0 aliphatic heterocycles. The number of rotatable bonds is 6. The smallest absolute Gasteiger partial charge is 0.223 e. The first kappa shape index (κ1) is 16.0. The van der Waals surface area contributed by atoms with Crippen molar-refractivity contribution in [3.05, 3.63) is 35.4 Å². The van der Waals surface area contributed by atoms with Crippen LogP contribution in [0, 0.1) is 5.92 Å². The van der Waals surface area contributed by atoms with Crippen LogP contribution in [-0.4, -0.2) is 36.3 Å². The Bertz CT molecular complexity index is 580. The molecule has 1 N–H and O–H groups in total. The molecule has 0 radical (unpaired) electrons. The fraction of sp³-hybridized carbons (Fsp3) is 0.579. The van der Waals surface area contributed by atoms with E-state index < -0.39 is 0 Å². The number of carbonyl (C=O) groups excluding carboxylic acids is 2. The van der Waals surface area contributed by atoms with Crippen molar-refractivity contribution in [1.29, 1.82) is 0 Å². The summed E-state index contributed by atoms with van der Waals surface area (Å²) in [6.07, 6.45) is 6.34. The standard InChI is InChI=1S/C19H26N2O2/c1-21(17-11-10-14-5-2-3-6-16(14)13-17)18(22)7-4-12-20-19(23)15-8-9-15/h2-3,5-6,15,17H,4,7-13H2,1H3,(H,20,23)/t17-/m1/s1. The lowest BCUT2D eigenvalue weighted by Gasteiger charge is -2.32. The summed E-state index contributed by atoms with van der Waals surface area (Å²) in [6.45, 7) is 0.614. The highest BCUT2D eigenvalue weighted by Gasteiger charge is 2.29. The second-order valence-electron chi connectivity index (χ2n) is 6.84. The molecule has 3 rings (SSSR count). The molecule has 23 heavy (non-hydrogen) atoms. The number of fused-ring (bicyclic) bond motifs is 1. The van der Waals surface area contributed by atoms with Gasteiger partial charge in [0, 0.05) is 32.0 Å². The first-order valence-electron chi connectivity index (χ1n) is 8.75. The van der Waals surface area contributed by atoms with Gasteiger partial charge in [-0.25, -0.2) is 0 Å². The third-order valence-electron chi connectivity index (χ3n) is 5.08. The minimum absolute atomic E-state index is 0.162. The Balaban J connectivity index is 1.41. The number of aryl methyl sites for hydroxylation is 1. The van der Waals surface area contributed by atoms with Gasteiger partial charge in [-0.05, 0) is 49.7 Å². The van der Waals surface area contributed by atoms with Crippen LogP contribution in [0.3, 0.4) is 0 Å². The molecule has 1 fully saturated rings. The lowest BCUT2D eigenvalue weighted by Crippen LogP contribution is -2.40. The molecule has 1 saturated carbocycles. The molecule has 4 heteroatoms. The molecule has 2 amide bonds. The van der Waals surface area contributed by atoms with E-state index in [0.717, 1.165) is 38.5 Å². The molecule has 1 aromatic carbocycles. The van der Waals surface area contributed by atoms with Crippen LogP contribution < -0.4 is 5.32 Å². The van der Waals surface area contributed by atoms with E-state index in [1.165, 1.54) is 11.1 Å². The van der Waals surface area contributed by atoms with Crippen molar-refractivity contribution >= 4 is 11.8 Å². The van der Waals surface area contributed by atoms with Gasteiger partial charge in [-0.15, -0.1) is 0 Å². The Labute approximate surface area is 138 Å². The van der Waals surface area contributed by atoms with Crippen molar-refractivity contribution < 1.29 is 9.59 Å². The maximum atomic E-state index is 12.4. The summed E-state index contributed by atoms with van der Waals surface area (Å²) in [7, 11) is 1.92. The highest BCUT2D eigenvalue weighted by atomic mass is 16.2. The van der Waals surface area contributed by atoms with Gasteiger partial charge in [0.05, 0.1) is 0 Å². The maximum Gasteiger partial charge on any atom is 0.223 e. The zero-order chi connectivity index (χ0) is 16.2. The molecule has 2 aliphatic rings. The fourth-order valence-corrected chi connectivity index (χ4v) is 3.33. The Hall–Kier alpha value is -1.84.